The summed E-state index contributed by atoms with van der Waals surface area (Å²) in [5.74, 6) is 0.950. The van der Waals surface area contributed by atoms with Crippen molar-refractivity contribution in [1.82, 2.24) is 15.3 Å². The average molecular weight is 499 g/mol. The van der Waals surface area contributed by atoms with Crippen LogP contribution in [-0.2, 0) is 6.42 Å². The van der Waals surface area contributed by atoms with E-state index in [1.54, 1.807) is 13.3 Å². The number of methoxy groups -OCH3 is 1. The molecule has 0 saturated carbocycles. The number of halogens is 1. The molecule has 6 nitrogen and oxygen atoms in total. The molecule has 1 amide bonds. The average Bonchev–Trinajstić information content (AvgIpc) is 3.24. The lowest BCUT2D eigenvalue weighted by Crippen LogP contribution is -2.26. The Morgan fingerprint density at radius 2 is 2.14 bits per heavy atom. The number of benzene rings is 2. The number of carbonyl (C=O) groups is 1. The van der Waals surface area contributed by atoms with Gasteiger partial charge in [-0.3, -0.25) is 9.78 Å². The molecule has 0 spiro atoms. The second-order valence-corrected chi connectivity index (χ2v) is 7.56. The zero-order valence-corrected chi connectivity index (χ0v) is 17.8. The summed E-state index contributed by atoms with van der Waals surface area (Å²) in [6.07, 6.45) is 5.62. The van der Waals surface area contributed by atoms with Crippen molar-refractivity contribution < 1.29 is 13.9 Å². The fourth-order valence-electron chi connectivity index (χ4n) is 3.22. The largest absolute Gasteiger partial charge is 0.496 e. The smallest absolute Gasteiger partial charge is 0.273 e. The summed E-state index contributed by atoms with van der Waals surface area (Å²) in [4.78, 5) is 21.0. The van der Waals surface area contributed by atoms with E-state index in [4.69, 9.17) is 9.15 Å². The zero-order valence-electron chi connectivity index (χ0n) is 15.7. The summed E-state index contributed by atoms with van der Waals surface area (Å²) in [5.41, 5.74) is 2.21. The van der Waals surface area contributed by atoms with Crippen LogP contribution < -0.4 is 10.1 Å². The molecule has 0 aliphatic rings. The first-order valence-corrected chi connectivity index (χ1v) is 10.1. The molecule has 0 saturated heterocycles. The fourth-order valence-corrected chi connectivity index (χ4v) is 3.96. The van der Waals surface area contributed by atoms with E-state index in [1.807, 2.05) is 42.6 Å². The number of pyridine rings is 1. The van der Waals surface area contributed by atoms with Crippen LogP contribution in [0.25, 0.3) is 22.1 Å². The summed E-state index contributed by atoms with van der Waals surface area (Å²) in [6.45, 7) is 0.493. The maximum Gasteiger partial charge on any atom is 0.273 e. The van der Waals surface area contributed by atoms with Crippen LogP contribution in [0.1, 0.15) is 16.1 Å². The molecule has 1 N–H and O–H groups in total. The molecule has 0 aliphatic carbocycles. The minimum absolute atomic E-state index is 0.263. The Morgan fingerprint density at radius 1 is 1.24 bits per heavy atom. The highest BCUT2D eigenvalue weighted by Gasteiger charge is 2.19. The number of hydrogen-bond donors (Lipinski definition) is 1. The van der Waals surface area contributed by atoms with Crippen molar-refractivity contribution in [2.75, 3.05) is 13.7 Å². The van der Waals surface area contributed by atoms with Crippen LogP contribution in [0.3, 0.4) is 0 Å². The third-order valence-corrected chi connectivity index (χ3v) is 5.49. The van der Waals surface area contributed by atoms with Gasteiger partial charge < -0.3 is 14.5 Å². The Balaban J connectivity index is 1.47. The van der Waals surface area contributed by atoms with Gasteiger partial charge in [0.1, 0.15) is 5.75 Å². The summed E-state index contributed by atoms with van der Waals surface area (Å²) >= 11 is 2.18. The number of nitrogens with one attached hydrogen (secondary N) is 1. The number of oxazole rings is 1. The highest BCUT2D eigenvalue weighted by Crippen LogP contribution is 2.29. The van der Waals surface area contributed by atoms with Gasteiger partial charge in [0.05, 0.1) is 10.7 Å². The Kier molecular flexibility index (Phi) is 5.75. The van der Waals surface area contributed by atoms with Gasteiger partial charge in [-0.2, -0.15) is 0 Å². The van der Waals surface area contributed by atoms with E-state index in [9.17, 15) is 4.79 Å². The second kappa shape index (κ2) is 8.60. The van der Waals surface area contributed by atoms with Gasteiger partial charge in [0, 0.05) is 29.9 Å². The summed E-state index contributed by atoms with van der Waals surface area (Å²) in [7, 11) is 1.62. The second-order valence-electron chi connectivity index (χ2n) is 6.40. The van der Waals surface area contributed by atoms with Crippen molar-refractivity contribution in [3.63, 3.8) is 0 Å². The number of nitrogens with zero attached hydrogens (tertiary/aromatic N) is 2. The van der Waals surface area contributed by atoms with Crippen LogP contribution >= 0.6 is 22.6 Å². The van der Waals surface area contributed by atoms with Crippen molar-refractivity contribution in [3.05, 3.63) is 76.1 Å². The Hall–Kier alpha value is -2.94. The number of aromatic nitrogens is 2. The van der Waals surface area contributed by atoms with Crippen molar-refractivity contribution in [1.29, 1.82) is 0 Å². The summed E-state index contributed by atoms with van der Waals surface area (Å²) in [5, 5.41) is 5.17. The number of amides is 1. The molecule has 7 heteroatoms. The van der Waals surface area contributed by atoms with Gasteiger partial charge in [0.15, 0.2) is 17.8 Å². The first kappa shape index (κ1) is 19.4. The summed E-state index contributed by atoms with van der Waals surface area (Å²) < 4.78 is 11.7. The molecule has 146 valence electrons. The predicted octanol–water partition coefficient (Wildman–Crippen LogP) is 4.48. The lowest BCUT2D eigenvalue weighted by molar-refractivity contribution is 0.0950. The van der Waals surface area contributed by atoms with Crippen LogP contribution in [0.2, 0.25) is 0 Å². The molecule has 29 heavy (non-hydrogen) atoms. The van der Waals surface area contributed by atoms with Gasteiger partial charge in [-0.25, -0.2) is 4.98 Å². The Labute approximate surface area is 181 Å². The first-order valence-electron chi connectivity index (χ1n) is 9.04. The van der Waals surface area contributed by atoms with Crippen LogP contribution in [0, 0.1) is 3.57 Å². The van der Waals surface area contributed by atoms with Crippen molar-refractivity contribution >= 4 is 39.3 Å². The molecule has 2 aromatic heterocycles. The molecule has 4 rings (SSSR count). The lowest BCUT2D eigenvalue weighted by Gasteiger charge is -2.08. The van der Waals surface area contributed by atoms with Crippen LogP contribution in [0.4, 0.5) is 0 Å². The molecule has 2 heterocycles. The van der Waals surface area contributed by atoms with Gasteiger partial charge in [0.2, 0.25) is 0 Å². The molecule has 0 bridgehead atoms. The van der Waals surface area contributed by atoms with E-state index in [2.05, 4.69) is 43.9 Å². The number of ether oxygens (including phenoxy) is 1. The number of carbonyl (C=O) groups excluding carboxylic acids is 1. The molecule has 0 radical (unpaired) electrons. The third-order valence-electron chi connectivity index (χ3n) is 4.65. The van der Waals surface area contributed by atoms with E-state index in [-0.39, 0.29) is 11.6 Å². The molecule has 0 fully saturated rings. The SMILES string of the molecule is COc1ccc(-c2ocnc2C(=O)NCCc2cccc3cnccc23)cc1I. The summed E-state index contributed by atoms with van der Waals surface area (Å²) in [6, 6.07) is 13.7. The van der Waals surface area contributed by atoms with E-state index >= 15 is 0 Å². The van der Waals surface area contributed by atoms with E-state index in [0.717, 1.165) is 31.2 Å². The van der Waals surface area contributed by atoms with Crippen molar-refractivity contribution in [3.8, 4) is 17.1 Å². The predicted molar refractivity (Wildman–Crippen MR) is 119 cm³/mol. The maximum absolute atomic E-state index is 12.7. The highest BCUT2D eigenvalue weighted by molar-refractivity contribution is 14.1. The maximum atomic E-state index is 12.7. The van der Waals surface area contributed by atoms with Gasteiger partial charge >= 0.3 is 0 Å². The highest BCUT2D eigenvalue weighted by atomic mass is 127. The fraction of sp³-hybridized carbons (Fsp3) is 0.136. The molecule has 0 aliphatic heterocycles. The van der Waals surface area contributed by atoms with Crippen molar-refractivity contribution in [2.24, 2.45) is 0 Å². The van der Waals surface area contributed by atoms with Crippen molar-refractivity contribution in [2.45, 2.75) is 6.42 Å². The van der Waals surface area contributed by atoms with E-state index in [0.29, 0.717) is 18.7 Å². The Morgan fingerprint density at radius 3 is 2.97 bits per heavy atom. The number of rotatable bonds is 6. The Bertz CT molecular complexity index is 1170. The monoisotopic (exact) mass is 499 g/mol. The van der Waals surface area contributed by atoms with Crippen LogP contribution in [0.5, 0.6) is 5.75 Å². The standard InChI is InChI=1S/C22H18IN3O3/c1-28-19-6-5-15(11-18(19)23)21-20(26-13-29-21)22(27)25-10-7-14-3-2-4-16-12-24-9-8-17(14)16/h2-6,8-9,11-13H,7,10H2,1H3,(H,25,27). The van der Waals surface area contributed by atoms with Crippen LogP contribution in [0.15, 0.2) is 65.7 Å². The normalized spacial score (nSPS) is 10.8. The zero-order chi connectivity index (χ0) is 20.2. The number of fused-ring (bicyclic) bond motifs is 1. The van der Waals surface area contributed by atoms with Gasteiger partial charge in [-0.1, -0.05) is 18.2 Å². The quantitative estimate of drug-likeness (QED) is 0.396. The molecule has 0 atom stereocenters. The topological polar surface area (TPSA) is 77.2 Å². The van der Waals surface area contributed by atoms with Gasteiger partial charge in [-0.15, -0.1) is 0 Å². The van der Waals surface area contributed by atoms with E-state index in [1.165, 1.54) is 6.39 Å². The molecule has 4 aromatic rings. The molecule has 0 unspecified atom stereocenters. The first-order chi connectivity index (χ1) is 14.2. The minimum Gasteiger partial charge on any atom is -0.496 e. The molecule has 2 aromatic carbocycles. The lowest BCUT2D eigenvalue weighted by atomic mass is 10.0. The van der Waals surface area contributed by atoms with Crippen LogP contribution in [-0.4, -0.2) is 29.5 Å². The number of hydrogen-bond acceptors (Lipinski definition) is 5. The van der Waals surface area contributed by atoms with Gasteiger partial charge in [0.25, 0.3) is 5.91 Å². The molecular weight excluding hydrogens is 481 g/mol. The minimum atomic E-state index is -0.263. The van der Waals surface area contributed by atoms with E-state index < -0.39 is 0 Å². The molecular formula is C22H18IN3O3. The third kappa shape index (κ3) is 4.09. The van der Waals surface area contributed by atoms with Gasteiger partial charge in [-0.05, 0) is 64.2 Å².